The van der Waals surface area contributed by atoms with E-state index in [4.69, 9.17) is 0 Å². The number of anilines is 1. The zero-order valence-corrected chi connectivity index (χ0v) is 9.35. The molecule has 1 fully saturated rings. The molecule has 82 valence electrons. The largest absolute Gasteiger partial charge is 0.389 e. The summed E-state index contributed by atoms with van der Waals surface area (Å²) in [6.07, 6.45) is 5.14. The molecule has 1 aliphatic rings. The second-order valence-electron chi connectivity index (χ2n) is 4.29. The van der Waals surface area contributed by atoms with E-state index in [2.05, 4.69) is 16.9 Å². The highest BCUT2D eigenvalue weighted by Gasteiger charge is 2.25. The van der Waals surface area contributed by atoms with Gasteiger partial charge in [0, 0.05) is 24.8 Å². The predicted molar refractivity (Wildman–Crippen MR) is 60.9 cm³/mol. The SMILES string of the molecule is CC(O)c1cccnc1N(C)C1CCC1. The van der Waals surface area contributed by atoms with Gasteiger partial charge in [-0.15, -0.1) is 0 Å². The van der Waals surface area contributed by atoms with Gasteiger partial charge in [0.2, 0.25) is 0 Å². The molecule has 1 aromatic rings. The van der Waals surface area contributed by atoms with Crippen molar-refractivity contribution in [1.82, 2.24) is 4.98 Å². The zero-order valence-electron chi connectivity index (χ0n) is 9.35. The lowest BCUT2D eigenvalue weighted by Crippen LogP contribution is -2.38. The van der Waals surface area contributed by atoms with Crippen molar-refractivity contribution in [2.45, 2.75) is 38.3 Å². The van der Waals surface area contributed by atoms with Gasteiger partial charge in [-0.25, -0.2) is 4.98 Å². The average molecular weight is 206 g/mol. The molecular weight excluding hydrogens is 188 g/mol. The fourth-order valence-corrected chi connectivity index (χ4v) is 1.98. The topological polar surface area (TPSA) is 36.4 Å². The Bertz CT molecular complexity index is 334. The van der Waals surface area contributed by atoms with Gasteiger partial charge in [-0.3, -0.25) is 0 Å². The van der Waals surface area contributed by atoms with Crippen LogP contribution < -0.4 is 4.90 Å². The molecule has 0 aliphatic heterocycles. The van der Waals surface area contributed by atoms with Gasteiger partial charge in [-0.2, -0.15) is 0 Å². The minimum atomic E-state index is -0.448. The molecule has 1 unspecified atom stereocenters. The quantitative estimate of drug-likeness (QED) is 0.823. The standard InChI is InChI=1S/C12H18N2O/c1-9(15)11-7-4-8-13-12(11)14(2)10-5-3-6-10/h4,7-10,15H,3,5-6H2,1-2H3. The van der Waals surface area contributed by atoms with Crippen molar-refractivity contribution in [3.05, 3.63) is 23.9 Å². The molecule has 0 spiro atoms. The third-order valence-electron chi connectivity index (χ3n) is 3.22. The number of hydrogen-bond acceptors (Lipinski definition) is 3. The Morgan fingerprint density at radius 1 is 1.53 bits per heavy atom. The summed E-state index contributed by atoms with van der Waals surface area (Å²) in [5, 5.41) is 9.66. The van der Waals surface area contributed by atoms with Gasteiger partial charge in [0.1, 0.15) is 5.82 Å². The minimum Gasteiger partial charge on any atom is -0.389 e. The molecule has 1 aliphatic carbocycles. The first-order chi connectivity index (χ1) is 7.20. The van der Waals surface area contributed by atoms with Crippen LogP contribution in [0.2, 0.25) is 0 Å². The van der Waals surface area contributed by atoms with Gasteiger partial charge in [-0.1, -0.05) is 6.07 Å². The minimum absolute atomic E-state index is 0.448. The number of nitrogens with zero attached hydrogens (tertiary/aromatic N) is 2. The highest BCUT2D eigenvalue weighted by Crippen LogP contribution is 2.30. The maximum atomic E-state index is 9.66. The highest BCUT2D eigenvalue weighted by molar-refractivity contribution is 5.48. The van der Waals surface area contributed by atoms with Crippen LogP contribution in [0.4, 0.5) is 5.82 Å². The molecule has 1 N–H and O–H groups in total. The van der Waals surface area contributed by atoms with Crippen molar-refractivity contribution in [2.75, 3.05) is 11.9 Å². The lowest BCUT2D eigenvalue weighted by molar-refractivity contribution is 0.199. The Morgan fingerprint density at radius 2 is 2.27 bits per heavy atom. The molecule has 0 radical (unpaired) electrons. The van der Waals surface area contributed by atoms with Crippen LogP contribution >= 0.6 is 0 Å². The third kappa shape index (κ3) is 1.97. The Balaban J connectivity index is 2.25. The van der Waals surface area contributed by atoms with Gasteiger partial charge in [0.25, 0.3) is 0 Å². The number of aliphatic hydroxyl groups excluding tert-OH is 1. The summed E-state index contributed by atoms with van der Waals surface area (Å²) in [5.74, 6) is 0.928. The van der Waals surface area contributed by atoms with Crippen molar-refractivity contribution in [1.29, 1.82) is 0 Å². The Hall–Kier alpha value is -1.09. The van der Waals surface area contributed by atoms with E-state index in [1.54, 1.807) is 13.1 Å². The van der Waals surface area contributed by atoms with Crippen molar-refractivity contribution in [3.63, 3.8) is 0 Å². The number of aliphatic hydroxyl groups is 1. The maximum Gasteiger partial charge on any atom is 0.134 e. The van der Waals surface area contributed by atoms with Crippen molar-refractivity contribution in [2.24, 2.45) is 0 Å². The fourth-order valence-electron chi connectivity index (χ4n) is 1.98. The summed E-state index contributed by atoms with van der Waals surface area (Å²) in [6.45, 7) is 1.79. The van der Waals surface area contributed by atoms with Crippen LogP contribution in [-0.2, 0) is 0 Å². The molecule has 15 heavy (non-hydrogen) atoms. The molecule has 3 nitrogen and oxygen atoms in total. The molecule has 1 atom stereocenters. The predicted octanol–water partition coefficient (Wildman–Crippen LogP) is 2.12. The molecule has 0 bridgehead atoms. The summed E-state index contributed by atoms with van der Waals surface area (Å²) in [6, 6.07) is 4.43. The number of rotatable bonds is 3. The van der Waals surface area contributed by atoms with E-state index in [1.165, 1.54) is 19.3 Å². The van der Waals surface area contributed by atoms with Crippen molar-refractivity contribution >= 4 is 5.82 Å². The second-order valence-corrected chi connectivity index (χ2v) is 4.29. The first kappa shape index (κ1) is 10.4. The number of pyridine rings is 1. The Labute approximate surface area is 90.8 Å². The molecular formula is C12H18N2O. The van der Waals surface area contributed by atoms with Crippen LogP contribution in [0.3, 0.4) is 0 Å². The van der Waals surface area contributed by atoms with Gasteiger partial charge in [0.05, 0.1) is 6.10 Å². The summed E-state index contributed by atoms with van der Waals surface area (Å²) >= 11 is 0. The van der Waals surface area contributed by atoms with E-state index in [0.717, 1.165) is 11.4 Å². The van der Waals surface area contributed by atoms with Gasteiger partial charge < -0.3 is 10.0 Å². The zero-order chi connectivity index (χ0) is 10.8. The molecule has 3 heteroatoms. The van der Waals surface area contributed by atoms with E-state index in [-0.39, 0.29) is 0 Å². The first-order valence-electron chi connectivity index (χ1n) is 5.56. The molecule has 1 aromatic heterocycles. The lowest BCUT2D eigenvalue weighted by atomic mass is 9.91. The summed E-state index contributed by atoms with van der Waals surface area (Å²) in [5.41, 5.74) is 0.923. The van der Waals surface area contributed by atoms with Crippen LogP contribution in [0.5, 0.6) is 0 Å². The van der Waals surface area contributed by atoms with Gasteiger partial charge in [-0.05, 0) is 32.3 Å². The Kier molecular flexibility index (Phi) is 2.91. The monoisotopic (exact) mass is 206 g/mol. The number of hydrogen-bond donors (Lipinski definition) is 1. The molecule has 2 rings (SSSR count). The van der Waals surface area contributed by atoms with Gasteiger partial charge >= 0.3 is 0 Å². The van der Waals surface area contributed by atoms with Crippen molar-refractivity contribution in [3.8, 4) is 0 Å². The van der Waals surface area contributed by atoms with E-state index < -0.39 is 6.10 Å². The third-order valence-corrected chi connectivity index (χ3v) is 3.22. The average Bonchev–Trinajstić information content (AvgIpc) is 2.15. The molecule has 1 saturated carbocycles. The summed E-state index contributed by atoms with van der Waals surface area (Å²) in [4.78, 5) is 6.57. The van der Waals surface area contributed by atoms with Crippen LogP contribution in [0.25, 0.3) is 0 Å². The van der Waals surface area contributed by atoms with E-state index in [0.29, 0.717) is 6.04 Å². The van der Waals surface area contributed by atoms with E-state index in [9.17, 15) is 5.11 Å². The fraction of sp³-hybridized carbons (Fsp3) is 0.583. The molecule has 0 aromatic carbocycles. The van der Waals surface area contributed by atoms with Gasteiger partial charge in [0.15, 0.2) is 0 Å². The normalized spacial score (nSPS) is 18.3. The van der Waals surface area contributed by atoms with Crippen LogP contribution in [0.1, 0.15) is 37.9 Å². The van der Waals surface area contributed by atoms with Crippen LogP contribution in [0, 0.1) is 0 Å². The molecule has 1 heterocycles. The smallest absolute Gasteiger partial charge is 0.134 e. The van der Waals surface area contributed by atoms with E-state index in [1.807, 2.05) is 12.1 Å². The van der Waals surface area contributed by atoms with Crippen LogP contribution in [0.15, 0.2) is 18.3 Å². The highest BCUT2D eigenvalue weighted by atomic mass is 16.3. The maximum absolute atomic E-state index is 9.66. The molecule has 0 amide bonds. The second kappa shape index (κ2) is 4.19. The molecule has 0 saturated heterocycles. The van der Waals surface area contributed by atoms with Crippen LogP contribution in [-0.4, -0.2) is 23.2 Å². The Morgan fingerprint density at radius 3 is 2.80 bits per heavy atom. The first-order valence-corrected chi connectivity index (χ1v) is 5.56. The summed E-state index contributed by atoms with van der Waals surface area (Å²) in [7, 11) is 2.07. The van der Waals surface area contributed by atoms with Crippen molar-refractivity contribution < 1.29 is 5.11 Å². The lowest BCUT2D eigenvalue weighted by Gasteiger charge is -2.36. The number of aromatic nitrogens is 1. The summed E-state index contributed by atoms with van der Waals surface area (Å²) < 4.78 is 0. The van der Waals surface area contributed by atoms with E-state index >= 15 is 0 Å².